The van der Waals surface area contributed by atoms with Crippen LogP contribution < -0.4 is 9.64 Å². The van der Waals surface area contributed by atoms with E-state index in [1.807, 2.05) is 24.3 Å². The molecule has 1 amide bonds. The number of hydrogen-bond donors (Lipinski definition) is 0. The molecule has 0 N–H and O–H groups in total. The third-order valence-electron chi connectivity index (χ3n) is 6.73. The standard InChI is InChI=1S/C24H31N3O3/c1-17(28)27-14-6-3-7-22-24(27)30-23(25-22)18-8-10-20(11-9-18)29-21-15-19(16-21)26-12-4-2-5-13-26/h8-11,19,21H,2-7,12-16H2,1H3. The van der Waals surface area contributed by atoms with Crippen LogP contribution in [0.1, 0.15) is 57.6 Å². The Morgan fingerprint density at radius 1 is 1.03 bits per heavy atom. The van der Waals surface area contributed by atoms with Crippen molar-refractivity contribution in [2.75, 3.05) is 24.5 Å². The van der Waals surface area contributed by atoms with E-state index in [0.29, 0.717) is 30.5 Å². The molecule has 2 aromatic rings. The second kappa shape index (κ2) is 8.42. The molecule has 0 unspecified atom stereocenters. The van der Waals surface area contributed by atoms with E-state index in [9.17, 15) is 4.79 Å². The minimum Gasteiger partial charge on any atom is -0.490 e. The van der Waals surface area contributed by atoms with Crippen molar-refractivity contribution >= 4 is 11.8 Å². The average molecular weight is 410 g/mol. The maximum absolute atomic E-state index is 12.0. The molecule has 1 saturated heterocycles. The van der Waals surface area contributed by atoms with Gasteiger partial charge in [-0.1, -0.05) is 6.42 Å². The first-order valence-electron chi connectivity index (χ1n) is 11.5. The number of nitrogens with zero attached hydrogens (tertiary/aromatic N) is 3. The lowest BCUT2D eigenvalue weighted by Crippen LogP contribution is -2.50. The molecule has 0 radical (unpaired) electrons. The van der Waals surface area contributed by atoms with Crippen LogP contribution in [0.4, 0.5) is 5.88 Å². The van der Waals surface area contributed by atoms with Crippen LogP contribution in [0.5, 0.6) is 5.75 Å². The summed E-state index contributed by atoms with van der Waals surface area (Å²) in [6, 6.07) is 8.71. The number of aromatic nitrogens is 1. The zero-order valence-corrected chi connectivity index (χ0v) is 17.8. The van der Waals surface area contributed by atoms with Crippen molar-refractivity contribution in [2.45, 2.75) is 70.4 Å². The van der Waals surface area contributed by atoms with Crippen molar-refractivity contribution in [3.05, 3.63) is 30.0 Å². The molecule has 1 aromatic carbocycles. The van der Waals surface area contributed by atoms with E-state index in [4.69, 9.17) is 9.15 Å². The second-order valence-corrected chi connectivity index (χ2v) is 8.88. The van der Waals surface area contributed by atoms with E-state index in [2.05, 4.69) is 9.88 Å². The molecule has 1 aliphatic carbocycles. The van der Waals surface area contributed by atoms with Crippen molar-refractivity contribution in [3.63, 3.8) is 0 Å². The number of fused-ring (bicyclic) bond motifs is 1. The lowest BCUT2D eigenvalue weighted by atomic mass is 9.86. The van der Waals surface area contributed by atoms with E-state index >= 15 is 0 Å². The van der Waals surface area contributed by atoms with Gasteiger partial charge in [-0.3, -0.25) is 9.69 Å². The number of carbonyl (C=O) groups excluding carboxylic acids is 1. The number of carbonyl (C=O) groups is 1. The quantitative estimate of drug-likeness (QED) is 0.748. The van der Waals surface area contributed by atoms with Crippen LogP contribution >= 0.6 is 0 Å². The van der Waals surface area contributed by atoms with Crippen molar-refractivity contribution in [1.29, 1.82) is 0 Å². The minimum absolute atomic E-state index is 0.00736. The fraction of sp³-hybridized carbons (Fsp3) is 0.583. The Hall–Kier alpha value is -2.34. The molecule has 6 heteroatoms. The van der Waals surface area contributed by atoms with E-state index < -0.39 is 0 Å². The van der Waals surface area contributed by atoms with Gasteiger partial charge in [0.15, 0.2) is 0 Å². The molecule has 3 aliphatic rings. The Morgan fingerprint density at radius 2 is 1.77 bits per heavy atom. The number of rotatable bonds is 4. The van der Waals surface area contributed by atoms with Gasteiger partial charge in [0, 0.05) is 37.9 Å². The van der Waals surface area contributed by atoms with Crippen LogP contribution in [-0.4, -0.2) is 47.6 Å². The Labute approximate surface area is 178 Å². The Kier molecular flexibility index (Phi) is 5.50. The first-order chi connectivity index (χ1) is 14.7. The van der Waals surface area contributed by atoms with Gasteiger partial charge in [0.2, 0.25) is 17.7 Å². The molecular formula is C24H31N3O3. The Balaban J connectivity index is 1.22. The van der Waals surface area contributed by atoms with Gasteiger partial charge in [-0.25, -0.2) is 4.98 Å². The lowest BCUT2D eigenvalue weighted by Gasteiger charge is -2.44. The molecule has 160 valence electrons. The van der Waals surface area contributed by atoms with Crippen molar-refractivity contribution in [1.82, 2.24) is 9.88 Å². The van der Waals surface area contributed by atoms with Gasteiger partial charge in [-0.15, -0.1) is 0 Å². The number of ether oxygens (including phenoxy) is 1. The SMILES string of the molecule is CC(=O)N1CCCCc2nc(-c3ccc(OC4CC(N5CCCCC5)C4)cc3)oc21. The summed E-state index contributed by atoms with van der Waals surface area (Å²) in [5, 5.41) is 0. The molecule has 0 bridgehead atoms. The van der Waals surface area contributed by atoms with Crippen LogP contribution in [0.3, 0.4) is 0 Å². The summed E-state index contributed by atoms with van der Waals surface area (Å²) >= 11 is 0. The van der Waals surface area contributed by atoms with Gasteiger partial charge in [-0.05, 0) is 69.5 Å². The minimum atomic E-state index is 0.00736. The van der Waals surface area contributed by atoms with Crippen LogP contribution in [0.2, 0.25) is 0 Å². The maximum Gasteiger partial charge on any atom is 0.229 e. The fourth-order valence-corrected chi connectivity index (χ4v) is 4.89. The molecule has 0 spiro atoms. The first-order valence-corrected chi connectivity index (χ1v) is 11.5. The summed E-state index contributed by atoms with van der Waals surface area (Å²) in [5.74, 6) is 2.11. The Morgan fingerprint density at radius 3 is 2.50 bits per heavy atom. The zero-order valence-electron chi connectivity index (χ0n) is 17.8. The van der Waals surface area contributed by atoms with Crippen molar-refractivity contribution in [3.8, 4) is 17.2 Å². The molecule has 0 atom stereocenters. The van der Waals surface area contributed by atoms with Crippen LogP contribution in [-0.2, 0) is 11.2 Å². The number of hydrogen-bond acceptors (Lipinski definition) is 5. The molecule has 2 aliphatic heterocycles. The van der Waals surface area contributed by atoms with Gasteiger partial charge < -0.3 is 14.1 Å². The van der Waals surface area contributed by atoms with E-state index in [0.717, 1.165) is 49.1 Å². The monoisotopic (exact) mass is 409 g/mol. The normalized spacial score (nSPS) is 24.6. The van der Waals surface area contributed by atoms with Gasteiger partial charge in [0.1, 0.15) is 17.5 Å². The number of aryl methyl sites for hydroxylation is 1. The summed E-state index contributed by atoms with van der Waals surface area (Å²) in [6.45, 7) is 4.80. The Bertz CT molecular complexity index is 880. The van der Waals surface area contributed by atoms with Crippen LogP contribution in [0.15, 0.2) is 28.7 Å². The highest BCUT2D eigenvalue weighted by Crippen LogP contribution is 2.34. The third kappa shape index (κ3) is 3.97. The van der Waals surface area contributed by atoms with Crippen LogP contribution in [0, 0.1) is 0 Å². The van der Waals surface area contributed by atoms with E-state index in [-0.39, 0.29) is 5.91 Å². The van der Waals surface area contributed by atoms with Gasteiger partial charge >= 0.3 is 0 Å². The molecule has 3 heterocycles. The van der Waals surface area contributed by atoms with Gasteiger partial charge in [0.05, 0.1) is 0 Å². The number of piperidine rings is 1. The topological polar surface area (TPSA) is 58.8 Å². The summed E-state index contributed by atoms with van der Waals surface area (Å²) in [7, 11) is 0. The van der Waals surface area contributed by atoms with Gasteiger partial charge in [-0.2, -0.15) is 0 Å². The lowest BCUT2D eigenvalue weighted by molar-refractivity contribution is -0.116. The molecule has 1 saturated carbocycles. The number of benzene rings is 1. The van der Waals surface area contributed by atoms with Gasteiger partial charge in [0.25, 0.3) is 0 Å². The highest BCUT2D eigenvalue weighted by Gasteiger charge is 2.35. The van der Waals surface area contributed by atoms with Crippen LogP contribution in [0.25, 0.3) is 11.5 Å². The predicted octanol–water partition coefficient (Wildman–Crippen LogP) is 4.43. The fourth-order valence-electron chi connectivity index (χ4n) is 4.89. The first kappa shape index (κ1) is 19.6. The molecule has 1 aromatic heterocycles. The number of oxazole rings is 1. The molecule has 6 nitrogen and oxygen atoms in total. The molecular weight excluding hydrogens is 378 g/mol. The number of anilines is 1. The largest absolute Gasteiger partial charge is 0.490 e. The average Bonchev–Trinajstić information content (AvgIpc) is 3.04. The third-order valence-corrected chi connectivity index (χ3v) is 6.73. The molecule has 5 rings (SSSR count). The summed E-state index contributed by atoms with van der Waals surface area (Å²) < 4.78 is 12.2. The highest BCUT2D eigenvalue weighted by atomic mass is 16.5. The number of likely N-dealkylation sites (tertiary alicyclic amines) is 1. The number of amides is 1. The van der Waals surface area contributed by atoms with Crippen molar-refractivity contribution < 1.29 is 13.9 Å². The highest BCUT2D eigenvalue weighted by molar-refractivity contribution is 5.90. The summed E-state index contributed by atoms with van der Waals surface area (Å²) in [4.78, 5) is 21.0. The second-order valence-electron chi connectivity index (χ2n) is 8.88. The van der Waals surface area contributed by atoms with Crippen molar-refractivity contribution in [2.24, 2.45) is 0 Å². The zero-order chi connectivity index (χ0) is 20.5. The van der Waals surface area contributed by atoms with E-state index in [1.54, 1.807) is 11.8 Å². The summed E-state index contributed by atoms with van der Waals surface area (Å²) in [5.41, 5.74) is 1.80. The smallest absolute Gasteiger partial charge is 0.229 e. The van der Waals surface area contributed by atoms with E-state index in [1.165, 1.54) is 32.4 Å². The summed E-state index contributed by atoms with van der Waals surface area (Å²) in [6.07, 6.45) is 9.52. The molecule has 30 heavy (non-hydrogen) atoms. The molecule has 2 fully saturated rings. The predicted molar refractivity (Wildman–Crippen MR) is 116 cm³/mol. The maximum atomic E-state index is 12.0.